The number of hydrogen-bond acceptors (Lipinski definition) is 4. The van der Waals surface area contributed by atoms with Gasteiger partial charge in [0.2, 0.25) is 0 Å². The highest BCUT2D eigenvalue weighted by atomic mass is 32.1. The molecule has 0 bridgehead atoms. The van der Waals surface area contributed by atoms with Crippen molar-refractivity contribution < 1.29 is 0 Å². The van der Waals surface area contributed by atoms with Gasteiger partial charge in [-0.2, -0.15) is 0 Å². The molecule has 1 fully saturated rings. The molecule has 1 aliphatic rings. The van der Waals surface area contributed by atoms with Gasteiger partial charge in [-0.05, 0) is 36.1 Å². The Kier molecular flexibility index (Phi) is 2.74. The van der Waals surface area contributed by atoms with Crippen LogP contribution in [0.15, 0.2) is 17.8 Å². The molecule has 0 amide bonds. The third-order valence-corrected chi connectivity index (χ3v) is 4.45. The van der Waals surface area contributed by atoms with Crippen LogP contribution in [-0.2, 0) is 0 Å². The lowest BCUT2D eigenvalue weighted by Crippen LogP contribution is -2.16. The number of hydrogen-bond donors (Lipinski definition) is 1. The molecule has 0 saturated heterocycles. The molecular weight excluding hydrogens is 230 g/mol. The molecule has 0 atom stereocenters. The maximum atomic E-state index is 4.35. The van der Waals surface area contributed by atoms with Crippen molar-refractivity contribution in [2.45, 2.75) is 32.6 Å². The Hall–Kier alpha value is -1.16. The summed E-state index contributed by atoms with van der Waals surface area (Å²) in [5, 5.41) is 6.75. The Morgan fingerprint density at radius 3 is 3.06 bits per heavy atom. The van der Waals surface area contributed by atoms with Crippen LogP contribution in [0.4, 0.5) is 5.82 Å². The minimum absolute atomic E-state index is 0.558. The first-order valence-electron chi connectivity index (χ1n) is 6.25. The van der Waals surface area contributed by atoms with Crippen LogP contribution < -0.4 is 5.32 Å². The Balaban J connectivity index is 1.75. The molecule has 1 aliphatic carbocycles. The van der Waals surface area contributed by atoms with E-state index in [1.807, 2.05) is 0 Å². The van der Waals surface area contributed by atoms with Gasteiger partial charge in [0.1, 0.15) is 17.0 Å². The molecule has 90 valence electrons. The van der Waals surface area contributed by atoms with Crippen molar-refractivity contribution in [3.63, 3.8) is 0 Å². The molecule has 2 aromatic rings. The van der Waals surface area contributed by atoms with E-state index in [2.05, 4.69) is 33.7 Å². The highest BCUT2D eigenvalue weighted by molar-refractivity contribution is 7.16. The van der Waals surface area contributed by atoms with E-state index in [-0.39, 0.29) is 0 Å². The van der Waals surface area contributed by atoms with Crippen LogP contribution >= 0.6 is 11.3 Å². The monoisotopic (exact) mass is 247 g/mol. The van der Waals surface area contributed by atoms with Gasteiger partial charge in [-0.15, -0.1) is 11.3 Å². The van der Waals surface area contributed by atoms with Crippen molar-refractivity contribution in [3.05, 3.63) is 17.8 Å². The molecular formula is C13H17N3S. The zero-order valence-corrected chi connectivity index (χ0v) is 10.9. The first-order chi connectivity index (χ1) is 8.33. The van der Waals surface area contributed by atoms with Crippen molar-refractivity contribution in [2.24, 2.45) is 5.41 Å². The molecule has 17 heavy (non-hydrogen) atoms. The minimum Gasteiger partial charge on any atom is -0.369 e. The first-order valence-corrected chi connectivity index (χ1v) is 7.13. The van der Waals surface area contributed by atoms with Crippen LogP contribution in [-0.4, -0.2) is 16.5 Å². The number of aromatic nitrogens is 2. The second-order valence-electron chi connectivity index (χ2n) is 4.97. The van der Waals surface area contributed by atoms with Gasteiger partial charge in [-0.1, -0.05) is 13.3 Å². The maximum absolute atomic E-state index is 4.35. The average Bonchev–Trinajstić information content (AvgIpc) is 2.92. The number of fused-ring (bicyclic) bond motifs is 1. The van der Waals surface area contributed by atoms with Gasteiger partial charge in [0.25, 0.3) is 0 Å². The summed E-state index contributed by atoms with van der Waals surface area (Å²) in [6, 6.07) is 2.10. The highest BCUT2D eigenvalue weighted by Gasteiger charge is 2.41. The third-order valence-electron chi connectivity index (χ3n) is 3.63. The normalized spacial score (nSPS) is 17.2. The molecule has 1 saturated carbocycles. The van der Waals surface area contributed by atoms with Gasteiger partial charge in [0, 0.05) is 6.54 Å². The molecule has 3 rings (SSSR count). The lowest BCUT2D eigenvalue weighted by molar-refractivity contribution is 0.485. The van der Waals surface area contributed by atoms with Crippen molar-refractivity contribution in [1.29, 1.82) is 0 Å². The lowest BCUT2D eigenvalue weighted by Gasteiger charge is -2.15. The fraction of sp³-hybridized carbons (Fsp3) is 0.538. The molecule has 3 nitrogen and oxygen atoms in total. The molecule has 0 aromatic carbocycles. The Morgan fingerprint density at radius 2 is 2.29 bits per heavy atom. The number of nitrogens with zero attached hydrogens (tertiary/aromatic N) is 2. The molecule has 2 aromatic heterocycles. The van der Waals surface area contributed by atoms with Crippen LogP contribution in [0.1, 0.15) is 32.6 Å². The van der Waals surface area contributed by atoms with E-state index in [0.29, 0.717) is 5.41 Å². The van der Waals surface area contributed by atoms with Gasteiger partial charge >= 0.3 is 0 Å². The average molecular weight is 247 g/mol. The lowest BCUT2D eigenvalue weighted by atomic mass is 10.0. The number of anilines is 1. The van der Waals surface area contributed by atoms with E-state index in [1.54, 1.807) is 17.7 Å². The van der Waals surface area contributed by atoms with Gasteiger partial charge in [0.15, 0.2) is 0 Å². The van der Waals surface area contributed by atoms with Crippen molar-refractivity contribution >= 4 is 27.4 Å². The molecule has 1 N–H and O–H groups in total. The van der Waals surface area contributed by atoms with Crippen molar-refractivity contribution in [1.82, 2.24) is 9.97 Å². The topological polar surface area (TPSA) is 37.8 Å². The Bertz CT molecular complexity index is 516. The molecule has 2 heterocycles. The van der Waals surface area contributed by atoms with E-state index >= 15 is 0 Å². The van der Waals surface area contributed by atoms with E-state index in [0.717, 1.165) is 22.6 Å². The van der Waals surface area contributed by atoms with E-state index in [9.17, 15) is 0 Å². The number of nitrogens with one attached hydrogen (secondary N) is 1. The standard InChI is InChI=1S/C13H17N3S/c1-2-4-13(5-6-13)8-14-11-10-3-7-17-12(10)16-9-15-11/h3,7,9H,2,4-6,8H2,1H3,(H,14,15,16). The Morgan fingerprint density at radius 1 is 1.41 bits per heavy atom. The number of thiophene rings is 1. The summed E-state index contributed by atoms with van der Waals surface area (Å²) < 4.78 is 0. The second kappa shape index (κ2) is 4.26. The third kappa shape index (κ3) is 2.14. The summed E-state index contributed by atoms with van der Waals surface area (Å²) in [6.07, 6.45) is 7.00. The van der Waals surface area contributed by atoms with Crippen LogP contribution in [0.25, 0.3) is 10.2 Å². The van der Waals surface area contributed by atoms with Crippen molar-refractivity contribution in [2.75, 3.05) is 11.9 Å². The maximum Gasteiger partial charge on any atom is 0.138 e. The Labute approximate surface area is 105 Å². The quantitative estimate of drug-likeness (QED) is 0.875. The summed E-state index contributed by atoms with van der Waals surface area (Å²) >= 11 is 1.67. The zero-order chi connectivity index (χ0) is 11.7. The molecule has 0 radical (unpaired) electrons. The molecule has 0 unspecified atom stereocenters. The van der Waals surface area contributed by atoms with Gasteiger partial charge < -0.3 is 5.32 Å². The van der Waals surface area contributed by atoms with Gasteiger partial charge in [0.05, 0.1) is 5.39 Å². The predicted octanol–water partition coefficient (Wildman–Crippen LogP) is 3.68. The zero-order valence-electron chi connectivity index (χ0n) is 10.1. The van der Waals surface area contributed by atoms with Crippen LogP contribution in [0.5, 0.6) is 0 Å². The fourth-order valence-corrected chi connectivity index (χ4v) is 3.16. The summed E-state index contributed by atoms with van der Waals surface area (Å²) in [4.78, 5) is 9.69. The van der Waals surface area contributed by atoms with Crippen LogP contribution in [0.2, 0.25) is 0 Å². The van der Waals surface area contributed by atoms with Crippen LogP contribution in [0.3, 0.4) is 0 Å². The first kappa shape index (κ1) is 11.0. The van der Waals surface area contributed by atoms with Crippen molar-refractivity contribution in [3.8, 4) is 0 Å². The second-order valence-corrected chi connectivity index (χ2v) is 5.86. The number of rotatable bonds is 5. The van der Waals surface area contributed by atoms with Gasteiger partial charge in [-0.3, -0.25) is 0 Å². The molecule has 0 aliphatic heterocycles. The van der Waals surface area contributed by atoms with E-state index < -0.39 is 0 Å². The minimum atomic E-state index is 0.558. The van der Waals surface area contributed by atoms with Crippen LogP contribution in [0, 0.1) is 5.41 Å². The van der Waals surface area contributed by atoms with E-state index in [4.69, 9.17) is 0 Å². The fourth-order valence-electron chi connectivity index (χ4n) is 2.42. The summed E-state index contributed by atoms with van der Waals surface area (Å²) in [5.74, 6) is 0.999. The van der Waals surface area contributed by atoms with E-state index in [1.165, 1.54) is 25.7 Å². The summed E-state index contributed by atoms with van der Waals surface area (Å²) in [6.45, 7) is 3.32. The molecule has 0 spiro atoms. The smallest absolute Gasteiger partial charge is 0.138 e. The summed E-state index contributed by atoms with van der Waals surface area (Å²) in [7, 11) is 0. The summed E-state index contributed by atoms with van der Waals surface area (Å²) in [5.41, 5.74) is 0.558. The largest absolute Gasteiger partial charge is 0.369 e. The highest BCUT2D eigenvalue weighted by Crippen LogP contribution is 2.49. The van der Waals surface area contributed by atoms with Gasteiger partial charge in [-0.25, -0.2) is 9.97 Å². The molecule has 4 heteroatoms. The predicted molar refractivity (Wildman–Crippen MR) is 72.5 cm³/mol. The SMILES string of the molecule is CCCC1(CNc2ncnc3sccc23)CC1.